The topological polar surface area (TPSA) is 60.0 Å². The highest BCUT2D eigenvalue weighted by molar-refractivity contribution is 5.92. The number of rotatable bonds is 7. The summed E-state index contributed by atoms with van der Waals surface area (Å²) in [6, 6.07) is 13.3. The minimum atomic E-state index is -0.0766. The summed E-state index contributed by atoms with van der Waals surface area (Å²) in [7, 11) is 1.91. The van der Waals surface area contributed by atoms with Crippen molar-refractivity contribution < 1.29 is 19.0 Å². The molecule has 1 aliphatic heterocycles. The number of ether oxygens (including phenoxy) is 3. The quantitative estimate of drug-likeness (QED) is 0.801. The van der Waals surface area contributed by atoms with E-state index in [-0.39, 0.29) is 25.1 Å². The average molecular weight is 379 g/mol. The first-order chi connectivity index (χ1) is 12.1. The number of hydrogen-bond donors (Lipinski definition) is 1. The van der Waals surface area contributed by atoms with E-state index in [1.54, 1.807) is 18.2 Å². The van der Waals surface area contributed by atoms with Crippen molar-refractivity contribution in [3.63, 3.8) is 0 Å². The number of carbonyl (C=O) groups excluding carboxylic acids is 1. The van der Waals surface area contributed by atoms with Crippen molar-refractivity contribution in [3.05, 3.63) is 48.0 Å². The second-order valence-corrected chi connectivity index (χ2v) is 5.87. The minimum Gasteiger partial charge on any atom is -0.494 e. The van der Waals surface area contributed by atoms with Gasteiger partial charge in [0.2, 0.25) is 12.7 Å². The molecule has 0 atom stereocenters. The number of carbonyl (C=O) groups is 1. The van der Waals surface area contributed by atoms with Crippen LogP contribution in [0.3, 0.4) is 0 Å². The SMILES string of the molecule is CCOc1ccc(CN(C)CC(=O)Nc2ccc3c(c2)OCO3)cc1.Cl. The average Bonchev–Trinajstić information content (AvgIpc) is 3.04. The number of fused-ring (bicyclic) bond motifs is 1. The lowest BCUT2D eigenvalue weighted by molar-refractivity contribution is -0.117. The molecule has 2 aromatic carbocycles. The van der Waals surface area contributed by atoms with E-state index in [2.05, 4.69) is 5.32 Å². The Hall–Kier alpha value is -2.44. The van der Waals surface area contributed by atoms with Crippen LogP contribution in [0.2, 0.25) is 0 Å². The summed E-state index contributed by atoms with van der Waals surface area (Å²) in [4.78, 5) is 14.2. The zero-order valence-corrected chi connectivity index (χ0v) is 15.7. The van der Waals surface area contributed by atoms with Gasteiger partial charge in [0, 0.05) is 18.3 Å². The third-order valence-corrected chi connectivity index (χ3v) is 3.76. The fraction of sp³-hybridized carbons (Fsp3) is 0.316. The van der Waals surface area contributed by atoms with Gasteiger partial charge in [0.25, 0.3) is 0 Å². The molecular formula is C19H23ClN2O4. The van der Waals surface area contributed by atoms with Crippen molar-refractivity contribution in [1.29, 1.82) is 0 Å². The van der Waals surface area contributed by atoms with E-state index < -0.39 is 0 Å². The molecule has 1 N–H and O–H groups in total. The van der Waals surface area contributed by atoms with Crippen LogP contribution in [0.15, 0.2) is 42.5 Å². The highest BCUT2D eigenvalue weighted by atomic mass is 35.5. The van der Waals surface area contributed by atoms with Gasteiger partial charge in [-0.2, -0.15) is 0 Å². The van der Waals surface area contributed by atoms with Crippen molar-refractivity contribution in [2.75, 3.05) is 32.3 Å². The van der Waals surface area contributed by atoms with E-state index in [9.17, 15) is 4.79 Å². The number of nitrogens with one attached hydrogen (secondary N) is 1. The number of hydrogen-bond acceptors (Lipinski definition) is 5. The molecule has 0 aromatic heterocycles. The Labute approximate surface area is 159 Å². The van der Waals surface area contributed by atoms with Gasteiger partial charge in [-0.1, -0.05) is 12.1 Å². The summed E-state index contributed by atoms with van der Waals surface area (Å²) in [5.74, 6) is 2.13. The third-order valence-electron chi connectivity index (χ3n) is 3.76. The summed E-state index contributed by atoms with van der Waals surface area (Å²) in [6.07, 6.45) is 0. The van der Waals surface area contributed by atoms with E-state index in [4.69, 9.17) is 14.2 Å². The number of halogens is 1. The lowest BCUT2D eigenvalue weighted by atomic mass is 10.2. The second kappa shape index (κ2) is 9.31. The molecule has 0 saturated heterocycles. The van der Waals surface area contributed by atoms with Gasteiger partial charge in [-0.15, -0.1) is 12.4 Å². The van der Waals surface area contributed by atoms with Crippen LogP contribution in [0.4, 0.5) is 5.69 Å². The zero-order chi connectivity index (χ0) is 17.6. The molecule has 3 rings (SSSR count). The molecule has 140 valence electrons. The standard InChI is InChI=1S/C19H22N2O4.ClH/c1-3-23-16-7-4-14(5-8-16)11-21(2)12-19(22)20-15-6-9-17-18(10-15)25-13-24-17;/h4-10H,3,11-13H2,1-2H3,(H,20,22);1H. The second-order valence-electron chi connectivity index (χ2n) is 5.87. The van der Waals surface area contributed by atoms with Crippen molar-refractivity contribution in [1.82, 2.24) is 4.90 Å². The van der Waals surface area contributed by atoms with Crippen LogP contribution in [-0.4, -0.2) is 37.8 Å². The summed E-state index contributed by atoms with van der Waals surface area (Å²) in [6.45, 7) is 3.81. The van der Waals surface area contributed by atoms with Crippen LogP contribution >= 0.6 is 12.4 Å². The summed E-state index contributed by atoms with van der Waals surface area (Å²) >= 11 is 0. The molecule has 7 heteroatoms. The number of nitrogens with zero attached hydrogens (tertiary/aromatic N) is 1. The smallest absolute Gasteiger partial charge is 0.238 e. The number of benzene rings is 2. The van der Waals surface area contributed by atoms with Gasteiger partial charge in [-0.3, -0.25) is 9.69 Å². The Bertz CT molecular complexity index is 737. The molecule has 26 heavy (non-hydrogen) atoms. The van der Waals surface area contributed by atoms with Crippen LogP contribution in [0.25, 0.3) is 0 Å². The molecule has 0 bridgehead atoms. The van der Waals surface area contributed by atoms with Crippen LogP contribution in [0, 0.1) is 0 Å². The van der Waals surface area contributed by atoms with Crippen molar-refractivity contribution in [2.45, 2.75) is 13.5 Å². The molecule has 0 radical (unpaired) electrons. The normalized spacial score (nSPS) is 11.8. The maximum absolute atomic E-state index is 12.2. The first-order valence-electron chi connectivity index (χ1n) is 8.24. The molecule has 6 nitrogen and oxygen atoms in total. The van der Waals surface area contributed by atoms with Crippen molar-refractivity contribution >= 4 is 24.0 Å². The van der Waals surface area contributed by atoms with Gasteiger partial charge in [0.05, 0.1) is 13.2 Å². The molecule has 1 heterocycles. The molecule has 2 aromatic rings. The fourth-order valence-electron chi connectivity index (χ4n) is 2.65. The largest absolute Gasteiger partial charge is 0.494 e. The predicted octanol–water partition coefficient (Wildman–Crippen LogP) is 3.31. The van der Waals surface area contributed by atoms with E-state index in [1.807, 2.05) is 43.1 Å². The minimum absolute atomic E-state index is 0. The number of anilines is 1. The zero-order valence-electron chi connectivity index (χ0n) is 14.9. The van der Waals surface area contributed by atoms with Gasteiger partial charge in [-0.25, -0.2) is 0 Å². The first kappa shape index (κ1) is 19.9. The van der Waals surface area contributed by atoms with E-state index in [0.717, 1.165) is 11.3 Å². The summed E-state index contributed by atoms with van der Waals surface area (Å²) in [5.41, 5.74) is 1.82. The first-order valence-corrected chi connectivity index (χ1v) is 8.24. The fourth-order valence-corrected chi connectivity index (χ4v) is 2.65. The Kier molecular flexibility index (Phi) is 7.12. The van der Waals surface area contributed by atoms with Gasteiger partial charge < -0.3 is 19.5 Å². The van der Waals surface area contributed by atoms with Crippen molar-refractivity contribution in [3.8, 4) is 17.2 Å². The highest BCUT2D eigenvalue weighted by Crippen LogP contribution is 2.34. The van der Waals surface area contributed by atoms with Gasteiger partial charge in [-0.05, 0) is 43.8 Å². The highest BCUT2D eigenvalue weighted by Gasteiger charge is 2.14. The molecule has 0 saturated carbocycles. The Morgan fingerprint density at radius 1 is 1.15 bits per heavy atom. The van der Waals surface area contributed by atoms with Gasteiger partial charge in [0.15, 0.2) is 11.5 Å². The molecule has 0 unspecified atom stereocenters. The molecule has 0 spiro atoms. The van der Waals surface area contributed by atoms with E-state index in [1.165, 1.54) is 0 Å². The predicted molar refractivity (Wildman–Crippen MR) is 102 cm³/mol. The Morgan fingerprint density at radius 2 is 1.88 bits per heavy atom. The molecule has 0 fully saturated rings. The molecule has 1 amide bonds. The summed E-state index contributed by atoms with van der Waals surface area (Å²) in [5, 5.41) is 2.88. The van der Waals surface area contributed by atoms with Crippen LogP contribution < -0.4 is 19.5 Å². The Morgan fingerprint density at radius 3 is 2.62 bits per heavy atom. The lowest BCUT2D eigenvalue weighted by Crippen LogP contribution is -2.29. The lowest BCUT2D eigenvalue weighted by Gasteiger charge is -2.16. The monoisotopic (exact) mass is 378 g/mol. The summed E-state index contributed by atoms with van der Waals surface area (Å²) < 4.78 is 16.0. The molecule has 0 aliphatic carbocycles. The van der Waals surface area contributed by atoms with Gasteiger partial charge >= 0.3 is 0 Å². The van der Waals surface area contributed by atoms with Crippen molar-refractivity contribution in [2.24, 2.45) is 0 Å². The van der Waals surface area contributed by atoms with E-state index in [0.29, 0.717) is 36.9 Å². The third kappa shape index (κ3) is 5.28. The number of amides is 1. The van der Waals surface area contributed by atoms with E-state index >= 15 is 0 Å². The van der Waals surface area contributed by atoms with Gasteiger partial charge in [0.1, 0.15) is 5.75 Å². The van der Waals surface area contributed by atoms with Crippen LogP contribution in [-0.2, 0) is 11.3 Å². The Balaban J connectivity index is 0.00000243. The number of likely N-dealkylation sites (N-methyl/N-ethyl adjacent to an activating group) is 1. The maximum Gasteiger partial charge on any atom is 0.238 e. The van der Waals surface area contributed by atoms with Crippen LogP contribution in [0.1, 0.15) is 12.5 Å². The molecular weight excluding hydrogens is 356 g/mol. The van der Waals surface area contributed by atoms with Crippen LogP contribution in [0.5, 0.6) is 17.2 Å². The molecule has 1 aliphatic rings. The maximum atomic E-state index is 12.2.